The van der Waals surface area contributed by atoms with Crippen LogP contribution in [0.4, 0.5) is 5.69 Å². The molecule has 1 saturated carbocycles. The van der Waals surface area contributed by atoms with E-state index in [2.05, 4.69) is 5.32 Å². The largest absolute Gasteiger partial charge is 0.397 e. The van der Waals surface area contributed by atoms with E-state index < -0.39 is 0 Å². The standard InChI is InChI=1S/C19H24N4O2S/c1-21-17(24)16-15(20)12-8-9-13(22-18(12)26-16)14-7-2-3-10-23(14)19(25)11-5-4-6-11/h8-9,11,14H,2-7,10,20H2,1H3,(H,21,24)/t14-/m0/s1. The SMILES string of the molecule is CNC(=O)c1sc2nc([C@@H]3CCCCN3C(=O)C3CCC3)ccc2c1N. The van der Waals surface area contributed by atoms with Crippen LogP contribution in [0.3, 0.4) is 0 Å². The highest BCUT2D eigenvalue weighted by Gasteiger charge is 2.35. The minimum Gasteiger partial charge on any atom is -0.397 e. The highest BCUT2D eigenvalue weighted by molar-refractivity contribution is 7.21. The van der Waals surface area contributed by atoms with Gasteiger partial charge in [0.25, 0.3) is 5.91 Å². The van der Waals surface area contributed by atoms with E-state index in [-0.39, 0.29) is 17.9 Å². The number of carbonyl (C=O) groups excluding carboxylic acids is 2. The van der Waals surface area contributed by atoms with E-state index >= 15 is 0 Å². The molecular formula is C19H24N4O2S. The van der Waals surface area contributed by atoms with Crippen LogP contribution in [0.1, 0.15) is 59.9 Å². The van der Waals surface area contributed by atoms with Gasteiger partial charge >= 0.3 is 0 Å². The predicted molar refractivity (Wildman–Crippen MR) is 103 cm³/mol. The molecule has 2 aliphatic rings. The average molecular weight is 372 g/mol. The second-order valence-electron chi connectivity index (χ2n) is 7.18. The molecule has 0 aromatic carbocycles. The number of nitrogens with one attached hydrogen (secondary N) is 1. The highest BCUT2D eigenvalue weighted by atomic mass is 32.1. The molecule has 1 atom stereocenters. The Morgan fingerprint density at radius 3 is 2.73 bits per heavy atom. The zero-order valence-electron chi connectivity index (χ0n) is 15.0. The zero-order valence-corrected chi connectivity index (χ0v) is 15.8. The van der Waals surface area contributed by atoms with Crippen LogP contribution < -0.4 is 11.1 Å². The van der Waals surface area contributed by atoms with E-state index in [1.807, 2.05) is 17.0 Å². The molecule has 4 rings (SSSR count). The number of nitrogens with zero attached hydrogens (tertiary/aromatic N) is 2. The van der Waals surface area contributed by atoms with Crippen LogP contribution in [-0.2, 0) is 4.79 Å². The van der Waals surface area contributed by atoms with Gasteiger partial charge < -0.3 is 16.0 Å². The van der Waals surface area contributed by atoms with E-state index in [1.54, 1.807) is 7.05 Å². The number of hydrogen-bond donors (Lipinski definition) is 2. The van der Waals surface area contributed by atoms with Crippen molar-refractivity contribution in [2.24, 2.45) is 5.92 Å². The minimum absolute atomic E-state index is 0.0352. The van der Waals surface area contributed by atoms with Gasteiger partial charge in [-0.25, -0.2) is 4.98 Å². The van der Waals surface area contributed by atoms with E-state index in [1.165, 1.54) is 11.3 Å². The lowest BCUT2D eigenvalue weighted by Crippen LogP contribution is -2.43. The van der Waals surface area contributed by atoms with Crippen molar-refractivity contribution >= 4 is 39.1 Å². The molecule has 0 radical (unpaired) electrons. The molecule has 1 aliphatic heterocycles. The smallest absolute Gasteiger partial charge is 0.263 e. The molecule has 0 unspecified atom stereocenters. The summed E-state index contributed by atoms with van der Waals surface area (Å²) >= 11 is 1.31. The number of rotatable bonds is 3. The van der Waals surface area contributed by atoms with Crippen LogP contribution >= 0.6 is 11.3 Å². The van der Waals surface area contributed by atoms with Gasteiger partial charge in [0.2, 0.25) is 5.91 Å². The molecule has 1 aliphatic carbocycles. The summed E-state index contributed by atoms with van der Waals surface area (Å²) in [4.78, 5) is 32.9. The fourth-order valence-corrected chi connectivity index (χ4v) is 4.92. The summed E-state index contributed by atoms with van der Waals surface area (Å²) in [6.07, 6.45) is 6.31. The third kappa shape index (κ3) is 2.84. The molecule has 3 N–H and O–H groups in total. The summed E-state index contributed by atoms with van der Waals surface area (Å²) in [6, 6.07) is 3.94. The quantitative estimate of drug-likeness (QED) is 0.866. The van der Waals surface area contributed by atoms with Crippen molar-refractivity contribution in [3.8, 4) is 0 Å². The normalized spacial score (nSPS) is 20.8. The molecule has 2 aromatic heterocycles. The maximum Gasteiger partial charge on any atom is 0.263 e. The van der Waals surface area contributed by atoms with Crippen LogP contribution in [0.5, 0.6) is 0 Å². The molecule has 1 saturated heterocycles. The highest BCUT2D eigenvalue weighted by Crippen LogP contribution is 2.38. The first-order valence-corrected chi connectivity index (χ1v) is 10.1. The molecule has 7 heteroatoms. The Morgan fingerprint density at radius 2 is 2.04 bits per heavy atom. The van der Waals surface area contributed by atoms with E-state index in [0.717, 1.165) is 61.0 Å². The summed E-state index contributed by atoms with van der Waals surface area (Å²) in [5.41, 5.74) is 7.52. The number of likely N-dealkylation sites (tertiary alicyclic amines) is 1. The number of carbonyl (C=O) groups is 2. The number of aromatic nitrogens is 1. The summed E-state index contributed by atoms with van der Waals surface area (Å²) in [5, 5.41) is 3.43. The monoisotopic (exact) mass is 372 g/mol. The Bertz CT molecular complexity index is 859. The second kappa shape index (κ2) is 6.87. The number of anilines is 1. The van der Waals surface area contributed by atoms with Crippen molar-refractivity contribution in [1.82, 2.24) is 15.2 Å². The molecule has 2 aromatic rings. The summed E-state index contributed by atoms with van der Waals surface area (Å²) in [5.74, 6) is 0.308. The molecular weight excluding hydrogens is 348 g/mol. The lowest BCUT2D eigenvalue weighted by Gasteiger charge is -2.39. The number of nitrogens with two attached hydrogens (primary N) is 1. The third-order valence-electron chi connectivity index (χ3n) is 5.63. The number of pyridine rings is 1. The Balaban J connectivity index is 1.67. The Morgan fingerprint density at radius 1 is 1.23 bits per heavy atom. The summed E-state index contributed by atoms with van der Waals surface area (Å²) < 4.78 is 0. The Hall–Kier alpha value is -2.15. The molecule has 138 valence electrons. The van der Waals surface area contributed by atoms with Gasteiger partial charge in [-0.1, -0.05) is 6.42 Å². The van der Waals surface area contributed by atoms with Crippen LogP contribution in [0.15, 0.2) is 12.1 Å². The first kappa shape index (κ1) is 17.3. The first-order valence-electron chi connectivity index (χ1n) is 9.31. The molecule has 26 heavy (non-hydrogen) atoms. The van der Waals surface area contributed by atoms with Crippen LogP contribution in [0.2, 0.25) is 0 Å². The van der Waals surface area contributed by atoms with E-state index in [4.69, 9.17) is 10.7 Å². The molecule has 0 spiro atoms. The third-order valence-corrected chi connectivity index (χ3v) is 6.74. The topological polar surface area (TPSA) is 88.3 Å². The van der Waals surface area contributed by atoms with Gasteiger partial charge in [-0.3, -0.25) is 9.59 Å². The predicted octanol–water partition coefficient (Wildman–Crippen LogP) is 3.09. The molecule has 3 heterocycles. The van der Waals surface area contributed by atoms with Gasteiger partial charge in [-0.2, -0.15) is 0 Å². The number of amides is 2. The molecule has 6 nitrogen and oxygen atoms in total. The zero-order chi connectivity index (χ0) is 18.3. The minimum atomic E-state index is -0.188. The van der Waals surface area contributed by atoms with Crippen molar-refractivity contribution in [3.05, 3.63) is 22.7 Å². The first-order chi connectivity index (χ1) is 12.6. The number of piperidine rings is 1. The lowest BCUT2D eigenvalue weighted by molar-refractivity contribution is -0.142. The van der Waals surface area contributed by atoms with Crippen molar-refractivity contribution in [3.63, 3.8) is 0 Å². The molecule has 2 amide bonds. The summed E-state index contributed by atoms with van der Waals surface area (Å²) in [7, 11) is 1.59. The van der Waals surface area contributed by atoms with Gasteiger partial charge in [-0.15, -0.1) is 11.3 Å². The van der Waals surface area contributed by atoms with Crippen molar-refractivity contribution in [2.75, 3.05) is 19.3 Å². The van der Waals surface area contributed by atoms with Gasteiger partial charge in [0, 0.05) is 24.9 Å². The second-order valence-corrected chi connectivity index (χ2v) is 8.18. The fraction of sp³-hybridized carbons (Fsp3) is 0.526. The maximum absolute atomic E-state index is 12.8. The lowest BCUT2D eigenvalue weighted by atomic mass is 9.83. The van der Waals surface area contributed by atoms with Crippen LogP contribution in [0.25, 0.3) is 10.2 Å². The maximum atomic E-state index is 12.8. The van der Waals surface area contributed by atoms with Crippen molar-refractivity contribution in [1.29, 1.82) is 0 Å². The van der Waals surface area contributed by atoms with E-state index in [0.29, 0.717) is 16.5 Å². The van der Waals surface area contributed by atoms with Gasteiger partial charge in [0.1, 0.15) is 9.71 Å². The van der Waals surface area contributed by atoms with Crippen molar-refractivity contribution in [2.45, 2.75) is 44.6 Å². The Kier molecular flexibility index (Phi) is 4.56. The fourth-order valence-electron chi connectivity index (χ4n) is 3.87. The number of hydrogen-bond acceptors (Lipinski definition) is 5. The van der Waals surface area contributed by atoms with Gasteiger partial charge in [-0.05, 0) is 44.2 Å². The van der Waals surface area contributed by atoms with Gasteiger partial charge in [0.05, 0.1) is 17.4 Å². The van der Waals surface area contributed by atoms with Crippen LogP contribution in [0, 0.1) is 5.92 Å². The number of thiophene rings is 1. The number of nitrogen functional groups attached to an aromatic ring is 1. The van der Waals surface area contributed by atoms with Gasteiger partial charge in [0.15, 0.2) is 0 Å². The number of fused-ring (bicyclic) bond motifs is 1. The molecule has 2 fully saturated rings. The summed E-state index contributed by atoms with van der Waals surface area (Å²) in [6.45, 7) is 0.815. The Labute approximate surface area is 156 Å². The average Bonchev–Trinajstić information content (AvgIpc) is 2.95. The van der Waals surface area contributed by atoms with Crippen LogP contribution in [-0.4, -0.2) is 35.3 Å². The molecule has 0 bridgehead atoms. The van der Waals surface area contributed by atoms with Crippen molar-refractivity contribution < 1.29 is 9.59 Å². The van der Waals surface area contributed by atoms with E-state index in [9.17, 15) is 9.59 Å².